The van der Waals surface area contributed by atoms with Gasteiger partial charge in [0.2, 0.25) is 5.13 Å². The molecule has 124 valence electrons. The molecule has 0 N–H and O–H groups in total. The van der Waals surface area contributed by atoms with Gasteiger partial charge in [0.05, 0.1) is 12.0 Å². The van der Waals surface area contributed by atoms with Gasteiger partial charge in [0, 0.05) is 18.5 Å². The van der Waals surface area contributed by atoms with Crippen LogP contribution in [0.25, 0.3) is 0 Å². The molecule has 1 aliphatic heterocycles. The van der Waals surface area contributed by atoms with Crippen LogP contribution < -0.4 is 4.90 Å². The van der Waals surface area contributed by atoms with Gasteiger partial charge in [0.15, 0.2) is 0 Å². The number of ether oxygens (including phenoxy) is 1. The summed E-state index contributed by atoms with van der Waals surface area (Å²) in [6.07, 6.45) is 0.813. The summed E-state index contributed by atoms with van der Waals surface area (Å²) in [7, 11) is 0. The number of rotatable bonds is 4. The highest BCUT2D eigenvalue weighted by molar-refractivity contribution is 7.15. The summed E-state index contributed by atoms with van der Waals surface area (Å²) in [4.78, 5) is 14.7. The van der Waals surface area contributed by atoms with Crippen molar-refractivity contribution in [2.45, 2.75) is 53.4 Å². The number of hydrogen-bond donors (Lipinski definition) is 0. The minimum atomic E-state index is -0.427. The van der Waals surface area contributed by atoms with Crippen LogP contribution in [0.5, 0.6) is 0 Å². The molecule has 2 heterocycles. The number of esters is 1. The van der Waals surface area contributed by atoms with Gasteiger partial charge in [-0.05, 0) is 19.3 Å². The van der Waals surface area contributed by atoms with Gasteiger partial charge in [0.1, 0.15) is 5.01 Å². The van der Waals surface area contributed by atoms with Crippen molar-refractivity contribution in [3.8, 4) is 0 Å². The van der Waals surface area contributed by atoms with Crippen LogP contribution in [0, 0.1) is 11.3 Å². The Labute approximate surface area is 137 Å². The molecule has 1 aliphatic rings. The van der Waals surface area contributed by atoms with Crippen molar-refractivity contribution in [3.05, 3.63) is 5.01 Å². The van der Waals surface area contributed by atoms with E-state index in [4.69, 9.17) is 4.74 Å². The maximum absolute atomic E-state index is 12.5. The summed E-state index contributed by atoms with van der Waals surface area (Å²) in [6.45, 7) is 14.4. The first-order valence-electron chi connectivity index (χ1n) is 7.97. The Kier molecular flexibility index (Phi) is 4.80. The fraction of sp³-hybridized carbons (Fsp3) is 0.812. The smallest absolute Gasteiger partial charge is 0.314 e. The Bertz CT molecular complexity index is 536. The number of anilines is 1. The second-order valence-corrected chi connectivity index (χ2v) is 8.30. The molecule has 22 heavy (non-hydrogen) atoms. The van der Waals surface area contributed by atoms with Crippen molar-refractivity contribution in [2.24, 2.45) is 11.3 Å². The Morgan fingerprint density at radius 2 is 2.09 bits per heavy atom. The van der Waals surface area contributed by atoms with Crippen LogP contribution in [-0.4, -0.2) is 35.9 Å². The van der Waals surface area contributed by atoms with Gasteiger partial charge in [-0.1, -0.05) is 46.0 Å². The van der Waals surface area contributed by atoms with Crippen molar-refractivity contribution in [3.63, 3.8) is 0 Å². The zero-order valence-corrected chi connectivity index (χ0v) is 15.3. The molecule has 0 saturated carbocycles. The Morgan fingerprint density at radius 3 is 2.59 bits per heavy atom. The predicted molar refractivity (Wildman–Crippen MR) is 89.3 cm³/mol. The van der Waals surface area contributed by atoms with E-state index >= 15 is 0 Å². The van der Waals surface area contributed by atoms with Gasteiger partial charge in [-0.15, -0.1) is 10.2 Å². The van der Waals surface area contributed by atoms with Crippen LogP contribution in [0.1, 0.15) is 53.0 Å². The van der Waals surface area contributed by atoms with E-state index in [1.807, 2.05) is 6.92 Å². The molecule has 2 rings (SSSR count). The van der Waals surface area contributed by atoms with E-state index < -0.39 is 5.41 Å². The lowest BCUT2D eigenvalue weighted by atomic mass is 9.76. The Morgan fingerprint density at radius 1 is 1.41 bits per heavy atom. The second-order valence-electron chi connectivity index (χ2n) is 7.34. The normalized spacial score (nSPS) is 22.4. The van der Waals surface area contributed by atoms with Gasteiger partial charge in [-0.3, -0.25) is 4.79 Å². The zero-order valence-electron chi connectivity index (χ0n) is 14.5. The van der Waals surface area contributed by atoms with E-state index in [-0.39, 0.29) is 17.3 Å². The van der Waals surface area contributed by atoms with Crippen LogP contribution in [-0.2, 0) is 14.9 Å². The van der Waals surface area contributed by atoms with Gasteiger partial charge in [-0.2, -0.15) is 0 Å². The highest BCUT2D eigenvalue weighted by Crippen LogP contribution is 2.42. The first-order valence-corrected chi connectivity index (χ1v) is 8.78. The van der Waals surface area contributed by atoms with Crippen molar-refractivity contribution in [1.29, 1.82) is 0 Å². The molecule has 1 saturated heterocycles. The van der Waals surface area contributed by atoms with E-state index in [0.717, 1.165) is 23.1 Å². The largest absolute Gasteiger partial charge is 0.466 e. The number of nitrogens with zero attached hydrogens (tertiary/aromatic N) is 3. The van der Waals surface area contributed by atoms with Crippen molar-refractivity contribution in [1.82, 2.24) is 10.2 Å². The molecule has 0 bridgehead atoms. The van der Waals surface area contributed by atoms with Crippen LogP contribution in [0.4, 0.5) is 5.13 Å². The van der Waals surface area contributed by atoms with Crippen LogP contribution in [0.2, 0.25) is 0 Å². The van der Waals surface area contributed by atoms with Crippen molar-refractivity contribution >= 4 is 22.4 Å². The number of carbonyl (C=O) groups is 1. The summed E-state index contributed by atoms with van der Waals surface area (Å²) < 4.78 is 5.34. The lowest BCUT2D eigenvalue weighted by Crippen LogP contribution is -2.40. The van der Waals surface area contributed by atoms with E-state index in [9.17, 15) is 4.79 Å². The number of carbonyl (C=O) groups excluding carboxylic acids is 1. The predicted octanol–water partition coefficient (Wildman–Crippen LogP) is 3.25. The Balaban J connectivity index is 2.20. The zero-order chi connectivity index (χ0) is 16.5. The van der Waals surface area contributed by atoms with Crippen LogP contribution in [0.3, 0.4) is 0 Å². The van der Waals surface area contributed by atoms with Crippen LogP contribution >= 0.6 is 11.3 Å². The lowest BCUT2D eigenvalue weighted by molar-refractivity contribution is -0.156. The molecule has 1 atom stereocenters. The average Bonchev–Trinajstić information content (AvgIpc) is 3.06. The summed E-state index contributed by atoms with van der Waals surface area (Å²) in [5.74, 6) is 0.166. The number of hydrogen-bond acceptors (Lipinski definition) is 6. The third-order valence-electron chi connectivity index (χ3n) is 4.41. The highest BCUT2D eigenvalue weighted by atomic mass is 32.1. The molecule has 5 nitrogen and oxygen atoms in total. The fourth-order valence-electron chi connectivity index (χ4n) is 2.79. The fourth-order valence-corrected chi connectivity index (χ4v) is 3.72. The molecule has 0 spiro atoms. The quantitative estimate of drug-likeness (QED) is 0.795. The molecule has 1 unspecified atom stereocenters. The van der Waals surface area contributed by atoms with Crippen molar-refractivity contribution in [2.75, 3.05) is 24.6 Å². The van der Waals surface area contributed by atoms with E-state index in [2.05, 4.69) is 49.7 Å². The van der Waals surface area contributed by atoms with E-state index in [1.54, 1.807) is 11.3 Å². The van der Waals surface area contributed by atoms with E-state index in [0.29, 0.717) is 13.2 Å². The first kappa shape index (κ1) is 17.2. The molecule has 0 radical (unpaired) electrons. The maximum Gasteiger partial charge on any atom is 0.314 e. The monoisotopic (exact) mass is 325 g/mol. The number of aromatic nitrogens is 2. The molecule has 0 aliphatic carbocycles. The topological polar surface area (TPSA) is 55.3 Å². The molecular weight excluding hydrogens is 298 g/mol. The molecule has 1 aromatic heterocycles. The summed E-state index contributed by atoms with van der Waals surface area (Å²) in [6, 6.07) is 0. The first-order chi connectivity index (χ1) is 10.2. The standard InChI is InChI=1S/C16H27N3O2S/c1-7-21-13(20)16(11(2)3)8-9-19(10-16)14-18-17-12(22-14)15(4,5)6/h11H,7-10H2,1-6H3. The van der Waals surface area contributed by atoms with Gasteiger partial charge >= 0.3 is 5.97 Å². The van der Waals surface area contributed by atoms with Gasteiger partial charge in [-0.25, -0.2) is 0 Å². The third-order valence-corrected chi connectivity index (χ3v) is 5.82. The van der Waals surface area contributed by atoms with E-state index in [1.165, 1.54) is 0 Å². The molecule has 1 aromatic rings. The lowest BCUT2D eigenvalue weighted by Gasteiger charge is -2.30. The summed E-state index contributed by atoms with van der Waals surface area (Å²) in [5, 5.41) is 10.6. The molecule has 6 heteroatoms. The summed E-state index contributed by atoms with van der Waals surface area (Å²) >= 11 is 1.63. The van der Waals surface area contributed by atoms with Gasteiger partial charge < -0.3 is 9.64 Å². The maximum atomic E-state index is 12.5. The minimum Gasteiger partial charge on any atom is -0.466 e. The molecule has 0 aromatic carbocycles. The third kappa shape index (κ3) is 3.12. The average molecular weight is 325 g/mol. The Hall–Kier alpha value is -1.17. The van der Waals surface area contributed by atoms with Crippen molar-refractivity contribution < 1.29 is 9.53 Å². The van der Waals surface area contributed by atoms with Crippen LogP contribution in [0.15, 0.2) is 0 Å². The molecular formula is C16H27N3O2S. The highest BCUT2D eigenvalue weighted by Gasteiger charge is 2.49. The second kappa shape index (κ2) is 6.14. The molecule has 1 fully saturated rings. The molecule has 0 amide bonds. The summed E-state index contributed by atoms with van der Waals surface area (Å²) in [5.41, 5.74) is -0.421. The van der Waals surface area contributed by atoms with Gasteiger partial charge in [0.25, 0.3) is 0 Å². The minimum absolute atomic E-state index is 0.00587. The SMILES string of the molecule is CCOC(=O)C1(C(C)C)CCN(c2nnc(C(C)(C)C)s2)C1.